The van der Waals surface area contributed by atoms with Gasteiger partial charge in [-0.2, -0.15) is 0 Å². The lowest BCUT2D eigenvalue weighted by Crippen LogP contribution is -2.98. The Kier molecular flexibility index (Phi) is 4.99. The van der Waals surface area contributed by atoms with Gasteiger partial charge in [-0.25, -0.2) is 9.30 Å². The third-order valence-corrected chi connectivity index (χ3v) is 1.48. The summed E-state index contributed by atoms with van der Waals surface area (Å²) in [5.74, 6) is 0. The molecule has 0 radical (unpaired) electrons. The maximum Gasteiger partial charge on any atom is 0.673 e. The van der Waals surface area contributed by atoms with Crippen molar-refractivity contribution in [2.75, 3.05) is 6.26 Å². The van der Waals surface area contributed by atoms with Crippen molar-refractivity contribution in [3.05, 3.63) is 12.4 Å². The molecule has 0 aromatic heterocycles. The SMILES string of the molecule is CS[NH+]1C=CN=C1.F[B-](F)(F)F. The van der Waals surface area contributed by atoms with Crippen LogP contribution in [-0.4, -0.2) is 19.8 Å². The first-order valence-electron chi connectivity index (χ1n) is 2.91. The van der Waals surface area contributed by atoms with Crippen molar-refractivity contribution >= 4 is 25.5 Å². The monoisotopic (exact) mass is 202 g/mol. The third kappa shape index (κ3) is 9.50. The molecule has 0 saturated heterocycles. The lowest BCUT2D eigenvalue weighted by atomic mass is 10.3. The van der Waals surface area contributed by atoms with Crippen molar-refractivity contribution in [1.82, 2.24) is 0 Å². The topological polar surface area (TPSA) is 16.8 Å². The highest BCUT2D eigenvalue weighted by molar-refractivity contribution is 7.92. The molecule has 2 nitrogen and oxygen atoms in total. The molecule has 12 heavy (non-hydrogen) atoms. The molecule has 1 N–H and O–H groups in total. The van der Waals surface area contributed by atoms with E-state index in [9.17, 15) is 17.3 Å². The van der Waals surface area contributed by atoms with E-state index < -0.39 is 7.25 Å². The number of hydrogen-bond acceptors (Lipinski definition) is 2. The summed E-state index contributed by atoms with van der Waals surface area (Å²) in [4.78, 5) is 3.87. The van der Waals surface area contributed by atoms with Crippen molar-refractivity contribution in [2.45, 2.75) is 0 Å². The Balaban J connectivity index is 0.000000217. The molecule has 0 aromatic rings. The van der Waals surface area contributed by atoms with Crippen molar-refractivity contribution in [3.8, 4) is 0 Å². The first-order chi connectivity index (χ1) is 5.43. The highest BCUT2D eigenvalue weighted by atomic mass is 32.2. The van der Waals surface area contributed by atoms with Crippen LogP contribution in [0.3, 0.4) is 0 Å². The van der Waals surface area contributed by atoms with E-state index in [4.69, 9.17) is 0 Å². The van der Waals surface area contributed by atoms with Gasteiger partial charge >= 0.3 is 7.25 Å². The zero-order valence-corrected chi connectivity index (χ0v) is 6.99. The molecule has 1 rings (SSSR count). The third-order valence-electron chi connectivity index (χ3n) is 0.762. The molecule has 1 aliphatic heterocycles. The number of aliphatic imine (C=N–C) groups is 1. The highest BCUT2D eigenvalue weighted by Crippen LogP contribution is 2.06. The average molecular weight is 202 g/mol. The van der Waals surface area contributed by atoms with E-state index in [0.29, 0.717) is 0 Å². The second-order valence-electron chi connectivity index (χ2n) is 1.70. The van der Waals surface area contributed by atoms with Gasteiger partial charge in [-0.15, -0.1) is 0 Å². The van der Waals surface area contributed by atoms with Gasteiger partial charge in [0.2, 0.25) is 6.34 Å². The van der Waals surface area contributed by atoms with Crippen LogP contribution < -0.4 is 4.31 Å². The van der Waals surface area contributed by atoms with E-state index in [1.165, 1.54) is 4.31 Å². The zero-order valence-electron chi connectivity index (χ0n) is 6.18. The normalized spacial score (nSPS) is 20.6. The van der Waals surface area contributed by atoms with E-state index in [-0.39, 0.29) is 0 Å². The molecule has 1 atom stereocenters. The zero-order chi connectivity index (χ0) is 9.61. The second kappa shape index (κ2) is 5.20. The summed E-state index contributed by atoms with van der Waals surface area (Å²) >= 11 is 1.71. The molecule has 0 bridgehead atoms. The molecule has 8 heteroatoms. The fourth-order valence-electron chi connectivity index (χ4n) is 0.397. The van der Waals surface area contributed by atoms with Gasteiger partial charge in [-0.1, -0.05) is 0 Å². The van der Waals surface area contributed by atoms with Crippen molar-refractivity contribution in [2.24, 2.45) is 4.99 Å². The van der Waals surface area contributed by atoms with Crippen molar-refractivity contribution in [1.29, 1.82) is 0 Å². The predicted molar refractivity (Wildman–Crippen MR) is 42.3 cm³/mol. The predicted octanol–water partition coefficient (Wildman–Crippen LogP) is 0.962. The number of hydrogen-bond donors (Lipinski definition) is 1. The Morgan fingerprint density at radius 2 is 1.83 bits per heavy atom. The maximum absolute atomic E-state index is 9.75. The second-order valence-corrected chi connectivity index (χ2v) is 2.57. The summed E-state index contributed by atoms with van der Waals surface area (Å²) in [5.41, 5.74) is 0. The quantitative estimate of drug-likeness (QED) is 0.380. The van der Waals surface area contributed by atoms with Crippen LogP contribution in [0, 0.1) is 0 Å². The molecule has 0 saturated carbocycles. The molecule has 1 aliphatic rings. The number of nitrogens with one attached hydrogen (secondary N) is 1. The fourth-order valence-corrected chi connectivity index (χ4v) is 0.760. The van der Waals surface area contributed by atoms with Gasteiger partial charge in [0.1, 0.15) is 6.20 Å². The average Bonchev–Trinajstić information content (AvgIpc) is 2.33. The lowest BCUT2D eigenvalue weighted by Gasteiger charge is -1.94. The van der Waals surface area contributed by atoms with E-state index in [0.717, 1.165) is 0 Å². The minimum absolute atomic E-state index is 1.24. The first kappa shape index (κ1) is 11.5. The van der Waals surface area contributed by atoms with Gasteiger partial charge in [0.15, 0.2) is 0 Å². The Morgan fingerprint density at radius 3 is 2.00 bits per heavy atom. The van der Waals surface area contributed by atoms with Gasteiger partial charge in [-0.05, 0) is 0 Å². The van der Waals surface area contributed by atoms with E-state index in [2.05, 4.69) is 4.99 Å². The maximum atomic E-state index is 9.75. The van der Waals surface area contributed by atoms with Crippen LogP contribution in [0.25, 0.3) is 0 Å². The summed E-state index contributed by atoms with van der Waals surface area (Å²) in [6, 6.07) is 0. The van der Waals surface area contributed by atoms with E-state index in [1.54, 1.807) is 18.1 Å². The summed E-state index contributed by atoms with van der Waals surface area (Å²) in [5, 5.41) is 0. The van der Waals surface area contributed by atoms with Crippen LogP contribution in [0.1, 0.15) is 0 Å². The van der Waals surface area contributed by atoms with Crippen LogP contribution in [-0.2, 0) is 0 Å². The van der Waals surface area contributed by atoms with Gasteiger partial charge in [-0.3, -0.25) is 0 Å². The Bertz CT molecular complexity index is 162. The summed E-state index contributed by atoms with van der Waals surface area (Å²) in [6.07, 6.45) is 7.68. The molecular weight excluding hydrogens is 195 g/mol. The molecule has 0 aliphatic carbocycles. The van der Waals surface area contributed by atoms with Crippen LogP contribution in [0.2, 0.25) is 0 Å². The van der Waals surface area contributed by atoms with E-state index >= 15 is 0 Å². The van der Waals surface area contributed by atoms with Crippen LogP contribution in [0.15, 0.2) is 17.4 Å². The van der Waals surface area contributed by atoms with Crippen LogP contribution in [0.5, 0.6) is 0 Å². The number of quaternary nitrogens is 1. The minimum Gasteiger partial charge on any atom is -0.418 e. The fraction of sp³-hybridized carbons (Fsp3) is 0.250. The standard InChI is InChI=1S/C4H6N2S.BF4/c1-7-6-3-2-5-4-6;2-1(3,4)5/h2-4H,1H3;/q;-1/p+1. The van der Waals surface area contributed by atoms with Crippen LogP contribution >= 0.6 is 11.9 Å². The summed E-state index contributed by atoms with van der Waals surface area (Å²) in [7, 11) is -6.00. The Morgan fingerprint density at radius 1 is 1.33 bits per heavy atom. The summed E-state index contributed by atoms with van der Waals surface area (Å²) < 4.78 is 40.2. The van der Waals surface area contributed by atoms with Gasteiger partial charge in [0.25, 0.3) is 0 Å². The molecule has 0 spiro atoms. The smallest absolute Gasteiger partial charge is 0.418 e. The molecule has 1 unspecified atom stereocenters. The van der Waals surface area contributed by atoms with Gasteiger partial charge < -0.3 is 17.3 Å². The number of halogens is 4. The van der Waals surface area contributed by atoms with Crippen molar-refractivity contribution < 1.29 is 21.6 Å². The molecule has 1 heterocycles. The molecule has 70 valence electrons. The first-order valence-corrected chi connectivity index (χ1v) is 4.14. The lowest BCUT2D eigenvalue weighted by molar-refractivity contribution is -0.562. The number of rotatable bonds is 1. The molecular formula is C4H7BF4N2S. The molecule has 0 aromatic carbocycles. The van der Waals surface area contributed by atoms with Gasteiger partial charge in [0.05, 0.1) is 18.1 Å². The number of nitrogens with zero attached hydrogens (tertiary/aromatic N) is 1. The minimum atomic E-state index is -6.00. The Hall–Kier alpha value is -0.495. The molecule has 0 fully saturated rings. The van der Waals surface area contributed by atoms with Crippen LogP contribution in [0.4, 0.5) is 17.3 Å². The van der Waals surface area contributed by atoms with E-state index in [1.807, 2.05) is 18.8 Å². The summed E-state index contributed by atoms with van der Waals surface area (Å²) in [6.45, 7) is 0. The molecule has 0 amide bonds. The highest BCUT2D eigenvalue weighted by Gasteiger charge is 2.20. The Labute approximate surface area is 71.6 Å². The van der Waals surface area contributed by atoms with Gasteiger partial charge in [0, 0.05) is 6.26 Å². The largest absolute Gasteiger partial charge is 0.673 e. The van der Waals surface area contributed by atoms with Crippen molar-refractivity contribution in [3.63, 3.8) is 0 Å².